The summed E-state index contributed by atoms with van der Waals surface area (Å²) in [5.41, 5.74) is 3.34. The van der Waals surface area contributed by atoms with Gasteiger partial charge in [0.25, 0.3) is 0 Å². The standard InChI is InChI=1S/C37H48O6/c1-26-33(39-23-27-14-8-5-9-15-27)34(40-24-28-16-10-6-11-17-28)35(41-25-29-18-12-7-13-19-29)36(42-26)43-32-21-20-30(22-31(32)38)37(2,3)4/h5-19,26,30-36,38H,20-25H2,1-4H3/t26-,30+,31-,32+,33+,34+,35-,36-/m1/s1. The fourth-order valence-corrected chi connectivity index (χ4v) is 6.21. The number of benzene rings is 3. The zero-order chi connectivity index (χ0) is 30.2. The van der Waals surface area contributed by atoms with Gasteiger partial charge in [-0.25, -0.2) is 0 Å². The second-order valence-corrected chi connectivity index (χ2v) is 13.1. The minimum Gasteiger partial charge on any atom is -0.390 e. The average molecular weight is 589 g/mol. The highest BCUT2D eigenvalue weighted by Gasteiger charge is 2.49. The molecule has 1 aliphatic heterocycles. The Balaban J connectivity index is 1.38. The summed E-state index contributed by atoms with van der Waals surface area (Å²) in [5.74, 6) is 0.441. The van der Waals surface area contributed by atoms with E-state index in [2.05, 4.69) is 45.0 Å². The van der Waals surface area contributed by atoms with Crippen molar-refractivity contribution >= 4 is 0 Å². The van der Waals surface area contributed by atoms with Crippen LogP contribution in [0.25, 0.3) is 0 Å². The Morgan fingerprint density at radius 1 is 0.674 bits per heavy atom. The van der Waals surface area contributed by atoms with Gasteiger partial charge in [0.2, 0.25) is 0 Å². The van der Waals surface area contributed by atoms with Crippen LogP contribution in [0, 0.1) is 11.3 Å². The lowest BCUT2D eigenvalue weighted by molar-refractivity contribution is -0.335. The van der Waals surface area contributed by atoms with Gasteiger partial charge < -0.3 is 28.8 Å². The predicted octanol–water partition coefficient (Wildman–Crippen LogP) is 7.08. The fraction of sp³-hybridized carbons (Fsp3) is 0.514. The summed E-state index contributed by atoms with van der Waals surface area (Å²) < 4.78 is 33.0. The first-order valence-electron chi connectivity index (χ1n) is 15.7. The number of aliphatic hydroxyl groups excluding tert-OH is 1. The van der Waals surface area contributed by atoms with Crippen molar-refractivity contribution in [2.24, 2.45) is 11.3 Å². The maximum Gasteiger partial charge on any atom is 0.187 e. The molecule has 232 valence electrons. The van der Waals surface area contributed by atoms with Gasteiger partial charge in [-0.1, -0.05) is 112 Å². The largest absolute Gasteiger partial charge is 0.390 e. The molecule has 1 heterocycles. The molecule has 1 aliphatic carbocycles. The van der Waals surface area contributed by atoms with E-state index in [1.165, 1.54) is 0 Å². The topological polar surface area (TPSA) is 66.4 Å². The number of ether oxygens (including phenoxy) is 5. The van der Waals surface area contributed by atoms with Gasteiger partial charge in [0.15, 0.2) is 6.29 Å². The van der Waals surface area contributed by atoms with Crippen molar-refractivity contribution in [2.45, 2.75) is 110 Å². The van der Waals surface area contributed by atoms with E-state index < -0.39 is 30.7 Å². The van der Waals surface area contributed by atoms with E-state index in [1.54, 1.807) is 0 Å². The number of rotatable bonds is 11. The Morgan fingerprint density at radius 3 is 1.60 bits per heavy atom. The maximum atomic E-state index is 11.2. The summed E-state index contributed by atoms with van der Waals surface area (Å²) in [7, 11) is 0. The number of hydrogen-bond acceptors (Lipinski definition) is 6. The molecule has 2 aliphatic rings. The molecule has 6 nitrogen and oxygen atoms in total. The number of aliphatic hydroxyl groups is 1. The third-order valence-electron chi connectivity index (χ3n) is 8.87. The van der Waals surface area contributed by atoms with E-state index >= 15 is 0 Å². The van der Waals surface area contributed by atoms with Crippen molar-refractivity contribution in [1.29, 1.82) is 0 Å². The molecular weight excluding hydrogens is 540 g/mol. The minimum absolute atomic E-state index is 0.142. The molecule has 0 spiro atoms. The summed E-state index contributed by atoms with van der Waals surface area (Å²) in [6, 6.07) is 30.4. The Hall–Kier alpha value is -2.58. The van der Waals surface area contributed by atoms with Gasteiger partial charge in [0.05, 0.1) is 38.1 Å². The Labute approximate surface area is 257 Å². The van der Waals surface area contributed by atoms with Crippen LogP contribution in [0.3, 0.4) is 0 Å². The van der Waals surface area contributed by atoms with Gasteiger partial charge in [0, 0.05) is 0 Å². The smallest absolute Gasteiger partial charge is 0.187 e. The predicted molar refractivity (Wildman–Crippen MR) is 167 cm³/mol. The molecule has 3 aromatic rings. The van der Waals surface area contributed by atoms with Crippen molar-refractivity contribution in [3.8, 4) is 0 Å². The normalized spacial score (nSPS) is 29.8. The Kier molecular flexibility index (Phi) is 11.1. The summed E-state index contributed by atoms with van der Waals surface area (Å²) >= 11 is 0. The lowest BCUT2D eigenvalue weighted by Gasteiger charge is -2.47. The minimum atomic E-state index is -0.720. The van der Waals surface area contributed by atoms with E-state index in [-0.39, 0.29) is 17.6 Å². The second-order valence-electron chi connectivity index (χ2n) is 13.1. The van der Waals surface area contributed by atoms with E-state index in [4.69, 9.17) is 23.7 Å². The van der Waals surface area contributed by atoms with Crippen molar-refractivity contribution in [3.63, 3.8) is 0 Å². The van der Waals surface area contributed by atoms with Crippen LogP contribution in [-0.2, 0) is 43.5 Å². The Morgan fingerprint density at radius 2 is 1.14 bits per heavy atom. The lowest BCUT2D eigenvalue weighted by Crippen LogP contribution is -2.61. The van der Waals surface area contributed by atoms with Gasteiger partial charge in [-0.15, -0.1) is 0 Å². The van der Waals surface area contributed by atoms with E-state index in [0.29, 0.717) is 32.2 Å². The highest BCUT2D eigenvalue weighted by Crippen LogP contribution is 2.40. The summed E-state index contributed by atoms with van der Waals surface area (Å²) in [6.45, 7) is 9.95. The molecule has 0 amide bonds. The van der Waals surface area contributed by atoms with E-state index in [0.717, 1.165) is 29.5 Å². The fourth-order valence-electron chi connectivity index (χ4n) is 6.21. The molecule has 3 aromatic carbocycles. The third kappa shape index (κ3) is 8.75. The second kappa shape index (κ2) is 14.9. The van der Waals surface area contributed by atoms with Crippen molar-refractivity contribution in [2.75, 3.05) is 0 Å². The summed E-state index contributed by atoms with van der Waals surface area (Å²) in [6.07, 6.45) is -0.910. The molecule has 0 unspecified atom stereocenters. The first-order chi connectivity index (χ1) is 20.8. The number of hydrogen-bond donors (Lipinski definition) is 1. The quantitative estimate of drug-likeness (QED) is 0.258. The molecule has 5 rings (SSSR count). The highest BCUT2D eigenvalue weighted by molar-refractivity contribution is 5.15. The van der Waals surface area contributed by atoms with Crippen LogP contribution in [-0.4, -0.2) is 48.0 Å². The van der Waals surface area contributed by atoms with Gasteiger partial charge in [0.1, 0.15) is 18.3 Å². The van der Waals surface area contributed by atoms with Crippen molar-refractivity contribution in [3.05, 3.63) is 108 Å². The monoisotopic (exact) mass is 588 g/mol. The maximum absolute atomic E-state index is 11.2. The summed E-state index contributed by atoms with van der Waals surface area (Å²) in [5, 5.41) is 11.2. The zero-order valence-corrected chi connectivity index (χ0v) is 26.0. The molecule has 0 bridgehead atoms. The van der Waals surface area contributed by atoms with E-state index in [9.17, 15) is 5.11 Å². The van der Waals surface area contributed by atoms with Crippen molar-refractivity contribution in [1.82, 2.24) is 0 Å². The van der Waals surface area contributed by atoms with Crippen LogP contribution < -0.4 is 0 Å². The van der Waals surface area contributed by atoms with Crippen molar-refractivity contribution < 1.29 is 28.8 Å². The average Bonchev–Trinajstić information content (AvgIpc) is 3.01. The van der Waals surface area contributed by atoms with Gasteiger partial charge in [-0.2, -0.15) is 0 Å². The van der Waals surface area contributed by atoms with Crippen LogP contribution in [0.2, 0.25) is 0 Å². The molecule has 0 radical (unpaired) electrons. The van der Waals surface area contributed by atoms with Crippen LogP contribution in [0.4, 0.5) is 0 Å². The lowest BCUT2D eigenvalue weighted by atomic mass is 9.71. The molecule has 1 saturated heterocycles. The summed E-state index contributed by atoms with van der Waals surface area (Å²) in [4.78, 5) is 0. The molecule has 1 saturated carbocycles. The van der Waals surface area contributed by atoms with E-state index in [1.807, 2.05) is 73.7 Å². The zero-order valence-electron chi connectivity index (χ0n) is 26.0. The van der Waals surface area contributed by atoms with Gasteiger partial charge in [-0.3, -0.25) is 0 Å². The highest BCUT2D eigenvalue weighted by atomic mass is 16.7. The molecule has 8 atom stereocenters. The van der Waals surface area contributed by atoms with Crippen LogP contribution in [0.5, 0.6) is 0 Å². The van der Waals surface area contributed by atoms with Crippen LogP contribution in [0.15, 0.2) is 91.0 Å². The molecule has 0 aromatic heterocycles. The van der Waals surface area contributed by atoms with Gasteiger partial charge >= 0.3 is 0 Å². The molecular formula is C37H48O6. The van der Waals surface area contributed by atoms with Gasteiger partial charge in [-0.05, 0) is 54.2 Å². The third-order valence-corrected chi connectivity index (χ3v) is 8.87. The van der Waals surface area contributed by atoms with Crippen LogP contribution >= 0.6 is 0 Å². The molecule has 6 heteroatoms. The molecule has 2 fully saturated rings. The first kappa shape index (κ1) is 31.8. The molecule has 43 heavy (non-hydrogen) atoms. The Bertz CT molecular complexity index is 1210. The SMILES string of the molecule is C[C@H]1O[C@H](O[C@H]2CC[C@H](C(C)(C)C)C[C@H]2O)[C@H](OCc2ccccc2)[C@@H](OCc2ccccc2)[C@H]1OCc1ccccc1. The first-order valence-corrected chi connectivity index (χ1v) is 15.7. The molecule has 1 N–H and O–H groups in total. The van der Waals surface area contributed by atoms with Crippen LogP contribution in [0.1, 0.15) is 63.6 Å².